The SMILES string of the molecule is Cc1ccccc1CS(=O)CCCCC(C)(C)C#N. The number of unbranched alkanes of at least 4 members (excludes halogenated alkanes) is 1. The molecule has 0 radical (unpaired) electrons. The molecule has 0 aromatic heterocycles. The molecule has 1 aromatic rings. The second-order valence-corrected chi connectivity index (χ2v) is 7.24. The van der Waals surface area contributed by atoms with Gasteiger partial charge in [-0.1, -0.05) is 30.7 Å². The van der Waals surface area contributed by atoms with E-state index in [1.54, 1.807) is 0 Å². The summed E-state index contributed by atoms with van der Waals surface area (Å²) in [6, 6.07) is 10.4. The van der Waals surface area contributed by atoms with Gasteiger partial charge in [0.15, 0.2) is 0 Å². The highest BCUT2D eigenvalue weighted by Crippen LogP contribution is 2.21. The Labute approximate surface area is 119 Å². The van der Waals surface area contributed by atoms with Gasteiger partial charge in [0.25, 0.3) is 0 Å². The van der Waals surface area contributed by atoms with Gasteiger partial charge in [-0.2, -0.15) is 5.26 Å². The van der Waals surface area contributed by atoms with Gasteiger partial charge in [0.05, 0.1) is 11.5 Å². The lowest BCUT2D eigenvalue weighted by atomic mass is 9.89. The van der Waals surface area contributed by atoms with E-state index in [0.717, 1.165) is 25.0 Å². The van der Waals surface area contributed by atoms with Crippen LogP contribution in [0.15, 0.2) is 24.3 Å². The molecule has 1 aromatic carbocycles. The molecule has 0 bridgehead atoms. The van der Waals surface area contributed by atoms with E-state index in [4.69, 9.17) is 5.26 Å². The Morgan fingerprint density at radius 2 is 1.95 bits per heavy atom. The quantitative estimate of drug-likeness (QED) is 0.708. The summed E-state index contributed by atoms with van der Waals surface area (Å²) in [5.74, 6) is 1.38. The zero-order valence-electron chi connectivity index (χ0n) is 12.1. The molecular formula is C16H23NOS. The smallest absolute Gasteiger partial charge is 0.0683 e. The molecule has 0 fully saturated rings. The van der Waals surface area contributed by atoms with Crippen molar-refractivity contribution < 1.29 is 4.21 Å². The van der Waals surface area contributed by atoms with Crippen LogP contribution in [0, 0.1) is 23.7 Å². The topological polar surface area (TPSA) is 40.9 Å². The molecule has 0 aliphatic heterocycles. The Morgan fingerprint density at radius 3 is 2.58 bits per heavy atom. The molecule has 0 heterocycles. The molecule has 0 saturated carbocycles. The van der Waals surface area contributed by atoms with Crippen LogP contribution in [-0.2, 0) is 16.6 Å². The Hall–Kier alpha value is -1.14. The minimum atomic E-state index is -0.794. The fourth-order valence-electron chi connectivity index (χ4n) is 1.90. The average Bonchev–Trinajstić information content (AvgIpc) is 2.38. The van der Waals surface area contributed by atoms with Crippen molar-refractivity contribution in [2.45, 2.75) is 45.8 Å². The van der Waals surface area contributed by atoms with Crippen molar-refractivity contribution >= 4 is 10.8 Å². The van der Waals surface area contributed by atoms with Crippen LogP contribution >= 0.6 is 0 Å². The van der Waals surface area contributed by atoms with Crippen molar-refractivity contribution in [2.75, 3.05) is 5.75 Å². The number of hydrogen-bond acceptors (Lipinski definition) is 2. The monoisotopic (exact) mass is 277 g/mol. The largest absolute Gasteiger partial charge is 0.259 e. The van der Waals surface area contributed by atoms with Crippen LogP contribution in [0.3, 0.4) is 0 Å². The van der Waals surface area contributed by atoms with Crippen molar-refractivity contribution in [3.05, 3.63) is 35.4 Å². The Kier molecular flexibility index (Phi) is 6.24. The molecule has 0 aliphatic rings. The van der Waals surface area contributed by atoms with E-state index in [-0.39, 0.29) is 5.41 Å². The number of benzene rings is 1. The molecule has 2 nitrogen and oxygen atoms in total. The third-order valence-electron chi connectivity index (χ3n) is 3.30. The maximum atomic E-state index is 12.0. The Balaban J connectivity index is 2.30. The predicted octanol–water partition coefficient (Wildman–Crippen LogP) is 3.96. The summed E-state index contributed by atoms with van der Waals surface area (Å²) >= 11 is 0. The number of nitriles is 1. The number of aryl methyl sites for hydroxylation is 1. The van der Waals surface area contributed by atoms with E-state index in [1.807, 2.05) is 32.0 Å². The van der Waals surface area contributed by atoms with Crippen LogP contribution in [0.2, 0.25) is 0 Å². The summed E-state index contributed by atoms with van der Waals surface area (Å²) in [5.41, 5.74) is 2.14. The molecule has 0 N–H and O–H groups in total. The van der Waals surface area contributed by atoms with E-state index >= 15 is 0 Å². The third-order valence-corrected chi connectivity index (χ3v) is 4.68. The minimum Gasteiger partial charge on any atom is -0.259 e. The molecule has 1 atom stereocenters. The molecular weight excluding hydrogens is 254 g/mol. The summed E-state index contributed by atoms with van der Waals surface area (Å²) in [6.45, 7) is 5.97. The summed E-state index contributed by atoms with van der Waals surface area (Å²) < 4.78 is 12.0. The van der Waals surface area contributed by atoms with Crippen LogP contribution < -0.4 is 0 Å². The molecule has 0 amide bonds. The third kappa shape index (κ3) is 6.02. The average molecular weight is 277 g/mol. The first-order valence-electron chi connectivity index (χ1n) is 6.75. The molecule has 104 valence electrons. The van der Waals surface area contributed by atoms with Crippen LogP contribution in [0.1, 0.15) is 44.2 Å². The highest BCUT2D eigenvalue weighted by atomic mass is 32.2. The van der Waals surface area contributed by atoms with Gasteiger partial charge in [-0.05, 0) is 44.7 Å². The van der Waals surface area contributed by atoms with E-state index < -0.39 is 10.8 Å². The van der Waals surface area contributed by atoms with E-state index in [1.165, 1.54) is 11.1 Å². The molecule has 0 aliphatic carbocycles. The van der Waals surface area contributed by atoms with Gasteiger partial charge in [0.1, 0.15) is 0 Å². The molecule has 1 unspecified atom stereocenters. The lowest BCUT2D eigenvalue weighted by Crippen LogP contribution is -2.09. The van der Waals surface area contributed by atoms with Gasteiger partial charge in [-0.25, -0.2) is 0 Å². The Morgan fingerprint density at radius 1 is 1.26 bits per heavy atom. The fraction of sp³-hybridized carbons (Fsp3) is 0.562. The maximum absolute atomic E-state index is 12.0. The first kappa shape index (κ1) is 15.9. The number of nitrogens with zero attached hydrogens (tertiary/aromatic N) is 1. The first-order valence-corrected chi connectivity index (χ1v) is 8.24. The predicted molar refractivity (Wildman–Crippen MR) is 81.1 cm³/mol. The minimum absolute atomic E-state index is 0.252. The summed E-state index contributed by atoms with van der Waals surface area (Å²) in [4.78, 5) is 0. The van der Waals surface area contributed by atoms with E-state index in [0.29, 0.717) is 5.75 Å². The van der Waals surface area contributed by atoms with E-state index in [9.17, 15) is 4.21 Å². The molecule has 0 spiro atoms. The van der Waals surface area contributed by atoms with Crippen LogP contribution in [0.5, 0.6) is 0 Å². The van der Waals surface area contributed by atoms with Gasteiger partial charge >= 0.3 is 0 Å². The van der Waals surface area contributed by atoms with Gasteiger partial charge in [0, 0.05) is 22.3 Å². The highest BCUT2D eigenvalue weighted by molar-refractivity contribution is 7.84. The van der Waals surface area contributed by atoms with Gasteiger partial charge in [0.2, 0.25) is 0 Å². The number of rotatable bonds is 7. The van der Waals surface area contributed by atoms with Gasteiger partial charge in [-0.15, -0.1) is 0 Å². The summed E-state index contributed by atoms with van der Waals surface area (Å²) in [7, 11) is -0.794. The van der Waals surface area contributed by atoms with Crippen molar-refractivity contribution in [1.82, 2.24) is 0 Å². The first-order chi connectivity index (χ1) is 8.94. The molecule has 19 heavy (non-hydrogen) atoms. The molecule has 3 heteroatoms. The van der Waals surface area contributed by atoms with Crippen molar-refractivity contribution in [1.29, 1.82) is 5.26 Å². The van der Waals surface area contributed by atoms with Crippen LogP contribution in [0.25, 0.3) is 0 Å². The molecule has 0 saturated heterocycles. The zero-order valence-corrected chi connectivity index (χ0v) is 12.9. The van der Waals surface area contributed by atoms with Crippen LogP contribution in [0.4, 0.5) is 0 Å². The lowest BCUT2D eigenvalue weighted by molar-refractivity contribution is 0.432. The summed E-state index contributed by atoms with van der Waals surface area (Å²) in [5, 5.41) is 8.92. The zero-order chi connectivity index (χ0) is 14.3. The normalized spacial score (nSPS) is 12.9. The second kappa shape index (κ2) is 7.45. The fourth-order valence-corrected chi connectivity index (χ4v) is 3.24. The van der Waals surface area contributed by atoms with Crippen molar-refractivity contribution in [2.24, 2.45) is 5.41 Å². The van der Waals surface area contributed by atoms with E-state index in [2.05, 4.69) is 19.1 Å². The number of hydrogen-bond donors (Lipinski definition) is 0. The lowest BCUT2D eigenvalue weighted by Gasteiger charge is -2.14. The maximum Gasteiger partial charge on any atom is 0.0683 e. The van der Waals surface area contributed by atoms with Gasteiger partial charge in [-0.3, -0.25) is 4.21 Å². The highest BCUT2D eigenvalue weighted by Gasteiger charge is 2.15. The Bertz CT molecular complexity index is 474. The second-order valence-electron chi connectivity index (χ2n) is 5.67. The standard InChI is InChI=1S/C16H23NOS/c1-14-8-4-5-9-15(14)12-19(18)11-7-6-10-16(2,3)13-17/h4-5,8-9H,6-7,10-12H2,1-3H3. The van der Waals surface area contributed by atoms with Gasteiger partial charge < -0.3 is 0 Å². The van der Waals surface area contributed by atoms with Crippen LogP contribution in [-0.4, -0.2) is 9.96 Å². The summed E-state index contributed by atoms with van der Waals surface area (Å²) in [6.07, 6.45) is 2.79. The molecule has 1 rings (SSSR count). The van der Waals surface area contributed by atoms with Crippen molar-refractivity contribution in [3.63, 3.8) is 0 Å². The van der Waals surface area contributed by atoms with Crippen molar-refractivity contribution in [3.8, 4) is 6.07 Å².